The Kier molecular flexibility index (Phi) is 5.78. The molecule has 1 saturated heterocycles. The van der Waals surface area contributed by atoms with Gasteiger partial charge in [-0.3, -0.25) is 9.69 Å². The quantitative estimate of drug-likeness (QED) is 0.862. The van der Waals surface area contributed by atoms with E-state index in [0.29, 0.717) is 17.3 Å². The van der Waals surface area contributed by atoms with Gasteiger partial charge < -0.3 is 14.5 Å². The third-order valence-corrected chi connectivity index (χ3v) is 4.26. The van der Waals surface area contributed by atoms with E-state index in [2.05, 4.69) is 20.4 Å². The number of hydrogen-bond donors (Lipinski definition) is 1. The number of aryl methyl sites for hydroxylation is 1. The second-order valence-electron chi connectivity index (χ2n) is 6.32. The van der Waals surface area contributed by atoms with Gasteiger partial charge in [-0.1, -0.05) is 6.07 Å². The summed E-state index contributed by atoms with van der Waals surface area (Å²) >= 11 is 0. The maximum atomic E-state index is 12.5. The van der Waals surface area contributed by atoms with Crippen molar-refractivity contribution in [1.29, 1.82) is 0 Å². The number of benzene rings is 1. The van der Waals surface area contributed by atoms with Crippen LogP contribution in [0, 0.1) is 6.92 Å². The zero-order chi connectivity index (χ0) is 17.6. The lowest BCUT2D eigenvalue weighted by atomic mass is 10.1. The van der Waals surface area contributed by atoms with Gasteiger partial charge in [-0.15, -0.1) is 10.2 Å². The van der Waals surface area contributed by atoms with Crippen LogP contribution >= 0.6 is 0 Å². The number of morpholine rings is 1. The lowest BCUT2D eigenvalue weighted by Crippen LogP contribution is -2.40. The van der Waals surface area contributed by atoms with Crippen molar-refractivity contribution in [3.63, 3.8) is 0 Å². The first-order valence-corrected chi connectivity index (χ1v) is 8.63. The molecule has 1 aromatic carbocycles. The fraction of sp³-hybridized carbons (Fsp3) is 0.500. The Morgan fingerprint density at radius 2 is 2.12 bits per heavy atom. The predicted octanol–water partition coefficient (Wildman–Crippen LogP) is 1.89. The van der Waals surface area contributed by atoms with Crippen LogP contribution in [-0.2, 0) is 4.74 Å². The van der Waals surface area contributed by atoms with E-state index < -0.39 is 0 Å². The van der Waals surface area contributed by atoms with Crippen LogP contribution in [0.2, 0.25) is 0 Å². The van der Waals surface area contributed by atoms with E-state index in [0.717, 1.165) is 44.8 Å². The molecule has 1 N–H and O–H groups in total. The van der Waals surface area contributed by atoms with Gasteiger partial charge in [0, 0.05) is 43.7 Å². The van der Waals surface area contributed by atoms with Gasteiger partial charge in [0.2, 0.25) is 11.8 Å². The molecule has 0 radical (unpaired) electrons. The number of carbonyl (C=O) groups excluding carboxylic acids is 1. The molecule has 0 spiro atoms. The molecule has 3 rings (SSSR count). The monoisotopic (exact) mass is 344 g/mol. The second-order valence-corrected chi connectivity index (χ2v) is 6.32. The van der Waals surface area contributed by atoms with Crippen LogP contribution < -0.4 is 5.32 Å². The Bertz CT molecular complexity index is 710. The molecule has 0 unspecified atom stereocenters. The number of aromatic nitrogens is 2. The SMILES string of the molecule is Cc1nnc(-c2cccc(C(=O)N[C@H](C)CCN3CCOCC3)c2)o1. The summed E-state index contributed by atoms with van der Waals surface area (Å²) in [6, 6.07) is 7.34. The third-order valence-electron chi connectivity index (χ3n) is 4.26. The van der Waals surface area contributed by atoms with Crippen LogP contribution in [0.5, 0.6) is 0 Å². The van der Waals surface area contributed by atoms with Crippen molar-refractivity contribution in [2.75, 3.05) is 32.8 Å². The van der Waals surface area contributed by atoms with Gasteiger partial charge in [-0.2, -0.15) is 0 Å². The van der Waals surface area contributed by atoms with Crippen LogP contribution in [0.15, 0.2) is 28.7 Å². The highest BCUT2D eigenvalue weighted by Gasteiger charge is 2.15. The lowest BCUT2D eigenvalue weighted by molar-refractivity contribution is 0.0363. The Morgan fingerprint density at radius 3 is 2.84 bits per heavy atom. The van der Waals surface area contributed by atoms with E-state index in [9.17, 15) is 4.79 Å². The topological polar surface area (TPSA) is 80.5 Å². The number of nitrogens with one attached hydrogen (secondary N) is 1. The molecule has 1 amide bonds. The average molecular weight is 344 g/mol. The first-order valence-electron chi connectivity index (χ1n) is 8.63. The summed E-state index contributed by atoms with van der Waals surface area (Å²) < 4.78 is 10.8. The van der Waals surface area contributed by atoms with Gasteiger partial charge in [0.15, 0.2) is 0 Å². The molecule has 1 fully saturated rings. The Balaban J connectivity index is 1.55. The first-order chi connectivity index (χ1) is 12.1. The van der Waals surface area contributed by atoms with Gasteiger partial charge in [-0.25, -0.2) is 0 Å². The minimum absolute atomic E-state index is 0.0902. The molecule has 0 aliphatic carbocycles. The van der Waals surface area contributed by atoms with Crippen molar-refractivity contribution in [2.24, 2.45) is 0 Å². The summed E-state index contributed by atoms with van der Waals surface area (Å²) in [5, 5.41) is 10.9. The lowest BCUT2D eigenvalue weighted by Gasteiger charge is -2.27. The van der Waals surface area contributed by atoms with Crippen molar-refractivity contribution < 1.29 is 13.9 Å². The summed E-state index contributed by atoms with van der Waals surface area (Å²) in [6.45, 7) is 8.25. The first kappa shape index (κ1) is 17.6. The summed E-state index contributed by atoms with van der Waals surface area (Å²) in [6.07, 6.45) is 0.911. The third kappa shape index (κ3) is 4.87. The molecule has 25 heavy (non-hydrogen) atoms. The van der Waals surface area contributed by atoms with Gasteiger partial charge >= 0.3 is 0 Å². The minimum atomic E-state index is -0.0902. The van der Waals surface area contributed by atoms with Gasteiger partial charge in [0.05, 0.1) is 13.2 Å². The minimum Gasteiger partial charge on any atom is -0.421 e. The molecule has 1 aliphatic heterocycles. The smallest absolute Gasteiger partial charge is 0.251 e. The van der Waals surface area contributed by atoms with Crippen molar-refractivity contribution >= 4 is 5.91 Å². The molecule has 7 nitrogen and oxygen atoms in total. The molecule has 1 aromatic heterocycles. The molecule has 0 saturated carbocycles. The van der Waals surface area contributed by atoms with Crippen LogP contribution in [0.1, 0.15) is 29.6 Å². The molecule has 2 aromatic rings. The van der Waals surface area contributed by atoms with E-state index in [1.807, 2.05) is 19.1 Å². The molecular weight excluding hydrogens is 320 g/mol. The van der Waals surface area contributed by atoms with Crippen molar-refractivity contribution in [3.8, 4) is 11.5 Å². The van der Waals surface area contributed by atoms with Gasteiger partial charge in [0.25, 0.3) is 5.91 Å². The van der Waals surface area contributed by atoms with E-state index >= 15 is 0 Å². The standard InChI is InChI=1S/C18H24N4O3/c1-13(6-7-22-8-10-24-11-9-22)19-17(23)15-4-3-5-16(12-15)18-21-20-14(2)25-18/h3-5,12-13H,6-11H2,1-2H3,(H,19,23)/t13-/m1/s1. The van der Waals surface area contributed by atoms with Crippen molar-refractivity contribution in [2.45, 2.75) is 26.3 Å². The number of carbonyl (C=O) groups is 1. The van der Waals surface area contributed by atoms with Gasteiger partial charge in [0.1, 0.15) is 0 Å². The number of hydrogen-bond acceptors (Lipinski definition) is 6. The average Bonchev–Trinajstić information content (AvgIpc) is 3.07. The molecule has 0 bridgehead atoms. The highest BCUT2D eigenvalue weighted by molar-refractivity contribution is 5.95. The van der Waals surface area contributed by atoms with E-state index in [-0.39, 0.29) is 11.9 Å². The van der Waals surface area contributed by atoms with Crippen LogP contribution in [0.3, 0.4) is 0 Å². The Hall–Kier alpha value is -2.25. The highest BCUT2D eigenvalue weighted by Crippen LogP contribution is 2.19. The van der Waals surface area contributed by atoms with Crippen LogP contribution in [0.4, 0.5) is 0 Å². The van der Waals surface area contributed by atoms with E-state index in [1.165, 1.54) is 0 Å². The maximum Gasteiger partial charge on any atom is 0.251 e. The van der Waals surface area contributed by atoms with Crippen LogP contribution in [-0.4, -0.2) is 59.9 Å². The van der Waals surface area contributed by atoms with Crippen LogP contribution in [0.25, 0.3) is 11.5 Å². The Morgan fingerprint density at radius 1 is 1.32 bits per heavy atom. The molecule has 134 valence electrons. The number of ether oxygens (including phenoxy) is 1. The molecule has 1 atom stereocenters. The number of amides is 1. The van der Waals surface area contributed by atoms with E-state index in [1.54, 1.807) is 19.1 Å². The zero-order valence-electron chi connectivity index (χ0n) is 14.7. The largest absolute Gasteiger partial charge is 0.421 e. The fourth-order valence-electron chi connectivity index (χ4n) is 2.79. The molecule has 1 aliphatic rings. The predicted molar refractivity (Wildman–Crippen MR) is 93.3 cm³/mol. The summed E-state index contributed by atoms with van der Waals surface area (Å²) in [5.41, 5.74) is 1.33. The highest BCUT2D eigenvalue weighted by atomic mass is 16.5. The van der Waals surface area contributed by atoms with E-state index in [4.69, 9.17) is 9.15 Å². The molecular formula is C18H24N4O3. The van der Waals surface area contributed by atoms with Crippen molar-refractivity contribution in [1.82, 2.24) is 20.4 Å². The normalized spacial score (nSPS) is 16.6. The van der Waals surface area contributed by atoms with Crippen molar-refractivity contribution in [3.05, 3.63) is 35.7 Å². The second kappa shape index (κ2) is 8.22. The fourth-order valence-corrected chi connectivity index (χ4v) is 2.79. The summed E-state index contributed by atoms with van der Waals surface area (Å²) in [7, 11) is 0. The Labute approximate surface area is 147 Å². The van der Waals surface area contributed by atoms with Gasteiger partial charge in [-0.05, 0) is 31.5 Å². The summed E-state index contributed by atoms with van der Waals surface area (Å²) in [4.78, 5) is 14.8. The summed E-state index contributed by atoms with van der Waals surface area (Å²) in [5.74, 6) is 0.835. The molecule has 2 heterocycles. The number of nitrogens with zero attached hydrogens (tertiary/aromatic N) is 3. The molecule has 7 heteroatoms. The zero-order valence-corrected chi connectivity index (χ0v) is 14.7. The number of rotatable bonds is 6. The maximum absolute atomic E-state index is 12.5.